The average molecular weight is 327 g/mol. The molecular weight excluding hydrogens is 302 g/mol. The lowest BCUT2D eigenvalue weighted by molar-refractivity contribution is 0.0947. The van der Waals surface area contributed by atoms with Crippen molar-refractivity contribution in [3.8, 4) is 11.5 Å². The minimum Gasteiger partial charge on any atom is -0.496 e. The summed E-state index contributed by atoms with van der Waals surface area (Å²) in [5.74, 6) is 1.95. The van der Waals surface area contributed by atoms with E-state index in [1.165, 1.54) is 5.56 Å². The van der Waals surface area contributed by atoms with Gasteiger partial charge in [0.1, 0.15) is 18.1 Å². The zero-order chi connectivity index (χ0) is 17.5. The van der Waals surface area contributed by atoms with E-state index in [2.05, 4.69) is 25.2 Å². The Kier molecular flexibility index (Phi) is 6.24. The summed E-state index contributed by atoms with van der Waals surface area (Å²) in [6, 6.07) is 13.4. The first-order chi connectivity index (χ1) is 11.5. The molecule has 0 fully saturated rings. The Balaban J connectivity index is 1.86. The summed E-state index contributed by atoms with van der Waals surface area (Å²) < 4.78 is 11.0. The zero-order valence-corrected chi connectivity index (χ0v) is 14.8. The van der Waals surface area contributed by atoms with Crippen LogP contribution in [0.4, 0.5) is 0 Å². The number of carbonyl (C=O) groups excluding carboxylic acids is 1. The van der Waals surface area contributed by atoms with E-state index < -0.39 is 0 Å². The van der Waals surface area contributed by atoms with E-state index in [0.29, 0.717) is 24.6 Å². The van der Waals surface area contributed by atoms with Crippen molar-refractivity contribution in [3.05, 3.63) is 59.2 Å². The molecule has 128 valence electrons. The van der Waals surface area contributed by atoms with E-state index >= 15 is 0 Å². The molecule has 4 nitrogen and oxygen atoms in total. The number of methoxy groups -OCH3 is 1. The predicted molar refractivity (Wildman–Crippen MR) is 96.1 cm³/mol. The molecule has 2 aromatic carbocycles. The van der Waals surface area contributed by atoms with Gasteiger partial charge in [-0.15, -0.1) is 0 Å². The third kappa shape index (κ3) is 4.51. The highest BCUT2D eigenvalue weighted by molar-refractivity contribution is 5.94. The number of ether oxygens (including phenoxy) is 2. The van der Waals surface area contributed by atoms with Crippen molar-refractivity contribution in [3.63, 3.8) is 0 Å². The van der Waals surface area contributed by atoms with Gasteiger partial charge < -0.3 is 14.8 Å². The number of rotatable bonds is 7. The minimum absolute atomic E-state index is 0.110. The number of benzene rings is 2. The van der Waals surface area contributed by atoms with Gasteiger partial charge in [-0.1, -0.05) is 32.0 Å². The molecule has 0 saturated heterocycles. The summed E-state index contributed by atoms with van der Waals surface area (Å²) in [5.41, 5.74) is 2.73. The van der Waals surface area contributed by atoms with E-state index in [1.54, 1.807) is 19.2 Å². The van der Waals surface area contributed by atoms with Crippen LogP contribution in [0.2, 0.25) is 0 Å². The lowest BCUT2D eigenvalue weighted by Crippen LogP contribution is -2.28. The molecule has 0 aliphatic carbocycles. The number of aryl methyl sites for hydroxylation is 1. The maximum atomic E-state index is 12.2. The van der Waals surface area contributed by atoms with E-state index in [0.717, 1.165) is 17.1 Å². The van der Waals surface area contributed by atoms with Crippen LogP contribution in [0, 0.1) is 6.92 Å². The van der Waals surface area contributed by atoms with Crippen molar-refractivity contribution >= 4 is 5.91 Å². The van der Waals surface area contributed by atoms with Crippen molar-refractivity contribution in [1.29, 1.82) is 0 Å². The second-order valence-electron chi connectivity index (χ2n) is 5.98. The Labute approximate surface area is 143 Å². The van der Waals surface area contributed by atoms with Gasteiger partial charge in [-0.2, -0.15) is 0 Å². The quantitative estimate of drug-likeness (QED) is 0.784. The van der Waals surface area contributed by atoms with Crippen molar-refractivity contribution in [1.82, 2.24) is 5.32 Å². The number of amides is 1. The fraction of sp³-hybridized carbons (Fsp3) is 0.350. The van der Waals surface area contributed by atoms with Gasteiger partial charge in [-0.05, 0) is 48.2 Å². The standard InChI is InChI=1S/C20H25NO3/c1-14(2)17-7-5-6-8-19(17)24-12-11-21-20(22)16-9-10-18(23-4)15(3)13-16/h5-10,13-14H,11-12H2,1-4H3,(H,21,22). The minimum atomic E-state index is -0.110. The van der Waals surface area contributed by atoms with E-state index in [-0.39, 0.29) is 5.91 Å². The van der Waals surface area contributed by atoms with Crippen molar-refractivity contribution < 1.29 is 14.3 Å². The molecule has 4 heteroatoms. The highest BCUT2D eigenvalue weighted by Crippen LogP contribution is 2.25. The third-order valence-electron chi connectivity index (χ3n) is 3.84. The second-order valence-corrected chi connectivity index (χ2v) is 5.98. The Morgan fingerprint density at radius 2 is 1.88 bits per heavy atom. The Morgan fingerprint density at radius 3 is 2.54 bits per heavy atom. The van der Waals surface area contributed by atoms with Crippen LogP contribution in [0.1, 0.15) is 41.3 Å². The van der Waals surface area contributed by atoms with Gasteiger partial charge in [-0.3, -0.25) is 4.79 Å². The molecule has 0 aliphatic heterocycles. The number of para-hydroxylation sites is 1. The van der Waals surface area contributed by atoms with Crippen molar-refractivity contribution in [2.45, 2.75) is 26.7 Å². The van der Waals surface area contributed by atoms with Crippen LogP contribution in [0.15, 0.2) is 42.5 Å². The van der Waals surface area contributed by atoms with Gasteiger partial charge in [0.2, 0.25) is 0 Å². The molecule has 0 aromatic heterocycles. The Morgan fingerprint density at radius 1 is 1.12 bits per heavy atom. The summed E-state index contributed by atoms with van der Waals surface area (Å²) in [6.45, 7) is 7.08. The summed E-state index contributed by atoms with van der Waals surface area (Å²) in [4.78, 5) is 12.2. The molecule has 1 amide bonds. The normalized spacial score (nSPS) is 10.5. The maximum Gasteiger partial charge on any atom is 0.251 e. The van der Waals surface area contributed by atoms with Crippen LogP contribution >= 0.6 is 0 Å². The Bertz CT molecular complexity index is 695. The molecule has 0 aliphatic rings. The van der Waals surface area contributed by atoms with Gasteiger partial charge in [0.05, 0.1) is 13.7 Å². The molecule has 0 bridgehead atoms. The second kappa shape index (κ2) is 8.39. The molecule has 1 N–H and O–H groups in total. The summed E-state index contributed by atoms with van der Waals surface area (Å²) in [6.07, 6.45) is 0. The van der Waals surface area contributed by atoms with Crippen LogP contribution in [0.5, 0.6) is 11.5 Å². The monoisotopic (exact) mass is 327 g/mol. The largest absolute Gasteiger partial charge is 0.496 e. The molecule has 0 saturated carbocycles. The van der Waals surface area contributed by atoms with E-state index in [9.17, 15) is 4.79 Å². The van der Waals surface area contributed by atoms with Gasteiger partial charge >= 0.3 is 0 Å². The van der Waals surface area contributed by atoms with Crippen LogP contribution in [0.25, 0.3) is 0 Å². The maximum absolute atomic E-state index is 12.2. The average Bonchev–Trinajstić information content (AvgIpc) is 2.58. The predicted octanol–water partition coefficient (Wildman–Crippen LogP) is 3.94. The highest BCUT2D eigenvalue weighted by Gasteiger charge is 2.09. The van der Waals surface area contributed by atoms with Gasteiger partial charge in [0, 0.05) is 5.56 Å². The lowest BCUT2D eigenvalue weighted by Gasteiger charge is -2.14. The summed E-state index contributed by atoms with van der Waals surface area (Å²) in [7, 11) is 1.62. The molecule has 0 spiro atoms. The number of nitrogens with one attached hydrogen (secondary N) is 1. The molecule has 0 heterocycles. The highest BCUT2D eigenvalue weighted by atomic mass is 16.5. The summed E-state index contributed by atoms with van der Waals surface area (Å²) >= 11 is 0. The number of carbonyl (C=O) groups is 1. The van der Waals surface area contributed by atoms with Crippen molar-refractivity contribution in [2.75, 3.05) is 20.3 Å². The Hall–Kier alpha value is -2.49. The fourth-order valence-electron chi connectivity index (χ4n) is 2.54. The SMILES string of the molecule is COc1ccc(C(=O)NCCOc2ccccc2C(C)C)cc1C. The first kappa shape index (κ1) is 17.9. The van der Waals surface area contributed by atoms with Gasteiger partial charge in [0.15, 0.2) is 0 Å². The first-order valence-electron chi connectivity index (χ1n) is 8.17. The van der Waals surface area contributed by atoms with Crippen LogP contribution in [-0.2, 0) is 0 Å². The topological polar surface area (TPSA) is 47.6 Å². The van der Waals surface area contributed by atoms with E-state index in [1.807, 2.05) is 31.2 Å². The molecule has 2 rings (SSSR count). The fourth-order valence-corrected chi connectivity index (χ4v) is 2.54. The molecule has 0 atom stereocenters. The lowest BCUT2D eigenvalue weighted by atomic mass is 10.0. The molecule has 0 unspecified atom stereocenters. The third-order valence-corrected chi connectivity index (χ3v) is 3.84. The molecule has 24 heavy (non-hydrogen) atoms. The number of hydrogen-bond donors (Lipinski definition) is 1. The van der Waals surface area contributed by atoms with Crippen molar-refractivity contribution in [2.24, 2.45) is 0 Å². The van der Waals surface area contributed by atoms with E-state index in [4.69, 9.17) is 9.47 Å². The van der Waals surface area contributed by atoms with Gasteiger partial charge in [0.25, 0.3) is 5.91 Å². The van der Waals surface area contributed by atoms with Crippen LogP contribution in [-0.4, -0.2) is 26.2 Å². The number of hydrogen-bond acceptors (Lipinski definition) is 3. The molecular formula is C20H25NO3. The van der Waals surface area contributed by atoms with Crippen LogP contribution in [0.3, 0.4) is 0 Å². The van der Waals surface area contributed by atoms with Gasteiger partial charge in [-0.25, -0.2) is 0 Å². The first-order valence-corrected chi connectivity index (χ1v) is 8.17. The van der Waals surface area contributed by atoms with Crippen LogP contribution < -0.4 is 14.8 Å². The summed E-state index contributed by atoms with van der Waals surface area (Å²) in [5, 5.41) is 2.88. The smallest absolute Gasteiger partial charge is 0.251 e. The molecule has 0 radical (unpaired) electrons. The molecule has 2 aromatic rings. The zero-order valence-electron chi connectivity index (χ0n) is 14.8.